The van der Waals surface area contributed by atoms with Crippen molar-refractivity contribution in [3.8, 4) is 0 Å². The van der Waals surface area contributed by atoms with Gasteiger partial charge < -0.3 is 0 Å². The number of nitrogens with zero attached hydrogens (tertiary/aromatic N) is 4. The smallest absolute Gasteiger partial charge is 0.0965 e. The molecule has 0 N–H and O–H groups in total. The lowest BCUT2D eigenvalue weighted by atomic mass is 9.60. The second-order valence-corrected chi connectivity index (χ2v) is 10.4. The summed E-state index contributed by atoms with van der Waals surface area (Å²) in [5.41, 5.74) is 2.42. The summed E-state index contributed by atoms with van der Waals surface area (Å²) in [6.45, 7) is 4.56. The largest absolute Gasteiger partial charge is 0.251 e. The van der Waals surface area contributed by atoms with E-state index in [9.17, 15) is 0 Å². The predicted molar refractivity (Wildman–Crippen MR) is 159 cm³/mol. The summed E-state index contributed by atoms with van der Waals surface area (Å²) in [5, 5.41) is 0. The van der Waals surface area contributed by atoms with E-state index in [1.54, 1.807) is 0 Å². The summed E-state index contributed by atoms with van der Waals surface area (Å²) >= 11 is 0. The number of aryl methyl sites for hydroxylation is 1. The van der Waals surface area contributed by atoms with Crippen LogP contribution in [0, 0.1) is 24.2 Å². The zero-order valence-corrected chi connectivity index (χ0v) is 22.6. The third-order valence-corrected chi connectivity index (χ3v) is 7.95. The van der Waals surface area contributed by atoms with Crippen molar-refractivity contribution in [3.05, 3.63) is 84.1 Å². The SMILES string of the molecule is CCCCCC(CC(c1ccccc1)([C+]1N=CC=N1)C(CCCC)CCc1ccccc1)[C+]1N=CC=N1. The average Bonchev–Trinajstić information content (AvgIpc) is 3.68. The number of unbranched alkanes of at least 4 members (excludes halogenated alkanes) is 3. The van der Waals surface area contributed by atoms with Crippen LogP contribution >= 0.6 is 0 Å². The van der Waals surface area contributed by atoms with E-state index in [4.69, 9.17) is 20.0 Å². The molecule has 0 saturated heterocycles. The second kappa shape index (κ2) is 14.0. The van der Waals surface area contributed by atoms with E-state index in [2.05, 4.69) is 74.5 Å². The van der Waals surface area contributed by atoms with Gasteiger partial charge in [0.1, 0.15) is 5.41 Å². The molecule has 0 spiro atoms. The lowest BCUT2D eigenvalue weighted by Gasteiger charge is -2.41. The van der Waals surface area contributed by atoms with Crippen molar-refractivity contribution in [3.63, 3.8) is 0 Å². The molecule has 2 aliphatic heterocycles. The zero-order valence-electron chi connectivity index (χ0n) is 22.6. The molecule has 2 heterocycles. The summed E-state index contributed by atoms with van der Waals surface area (Å²) < 4.78 is 0. The first-order valence-corrected chi connectivity index (χ1v) is 14.2. The molecule has 4 heteroatoms. The molecule has 37 heavy (non-hydrogen) atoms. The standard InChI is InChI=1S/C33H42N4/c1-3-5-9-16-28(31-34-22-23-35-31)26-33(32-36-24-25-37-32,29-18-12-8-13-19-29)30(17-6-4-2)21-20-27-14-10-7-11-15-27/h7-8,10-15,18-19,22-25,28,30H,3-6,9,16-17,20-21,26H2,1-2H3/q+2. The van der Waals surface area contributed by atoms with Crippen LogP contribution in [0.25, 0.3) is 0 Å². The van der Waals surface area contributed by atoms with Crippen LogP contribution in [0.4, 0.5) is 0 Å². The highest BCUT2D eigenvalue weighted by Crippen LogP contribution is 2.53. The van der Waals surface area contributed by atoms with Crippen LogP contribution in [-0.4, -0.2) is 24.9 Å². The van der Waals surface area contributed by atoms with Crippen molar-refractivity contribution >= 4 is 24.9 Å². The summed E-state index contributed by atoms with van der Waals surface area (Å²) in [7, 11) is 0. The zero-order chi connectivity index (χ0) is 25.8. The molecule has 4 nitrogen and oxygen atoms in total. The third-order valence-electron chi connectivity index (χ3n) is 7.95. The molecule has 4 rings (SSSR count). The first-order chi connectivity index (χ1) is 18.3. The number of hydrogen-bond donors (Lipinski definition) is 0. The minimum atomic E-state index is -0.299. The molecule has 0 bridgehead atoms. The van der Waals surface area contributed by atoms with E-state index in [0.29, 0.717) is 5.92 Å². The fraction of sp³-hybridized carbons (Fsp3) is 0.455. The van der Waals surface area contributed by atoms with E-state index < -0.39 is 0 Å². The molecule has 2 aliphatic rings. The Labute approximate surface area is 224 Å². The maximum atomic E-state index is 4.93. The van der Waals surface area contributed by atoms with Gasteiger partial charge in [0, 0.05) is 0 Å². The summed E-state index contributed by atoms with van der Waals surface area (Å²) in [4.78, 5) is 19.3. The van der Waals surface area contributed by atoms with Crippen molar-refractivity contribution in [1.29, 1.82) is 0 Å². The van der Waals surface area contributed by atoms with Gasteiger partial charge in [-0.25, -0.2) is 0 Å². The van der Waals surface area contributed by atoms with Gasteiger partial charge in [-0.3, -0.25) is 0 Å². The summed E-state index contributed by atoms with van der Waals surface area (Å²) in [6, 6.07) is 22.0. The van der Waals surface area contributed by atoms with Crippen LogP contribution in [0.1, 0.15) is 82.8 Å². The molecule has 2 aromatic carbocycles. The fourth-order valence-electron chi connectivity index (χ4n) is 6.02. The molecule has 0 aliphatic carbocycles. The van der Waals surface area contributed by atoms with Crippen LogP contribution in [0.5, 0.6) is 0 Å². The highest BCUT2D eigenvalue weighted by Gasteiger charge is 2.55. The van der Waals surface area contributed by atoms with Gasteiger partial charge in [-0.05, 0) is 49.1 Å². The highest BCUT2D eigenvalue weighted by atomic mass is 15.1. The predicted octanol–water partition coefficient (Wildman–Crippen LogP) is 8.24. The maximum Gasteiger partial charge on any atom is 0.251 e. The maximum absolute atomic E-state index is 4.93. The molecule has 0 saturated carbocycles. The molecular formula is C33H42N4+2. The number of hydrogen-bond acceptors (Lipinski definition) is 4. The van der Waals surface area contributed by atoms with Gasteiger partial charge >= 0.3 is 0 Å². The molecule has 3 unspecified atom stereocenters. The lowest BCUT2D eigenvalue weighted by molar-refractivity contribution is 0.190. The molecule has 0 amide bonds. The third kappa shape index (κ3) is 6.80. The van der Waals surface area contributed by atoms with Crippen LogP contribution in [-0.2, 0) is 11.8 Å². The van der Waals surface area contributed by atoms with Crippen molar-refractivity contribution in [2.45, 2.75) is 83.5 Å². The molecule has 3 atom stereocenters. The molecule has 0 fully saturated rings. The topological polar surface area (TPSA) is 49.4 Å². The van der Waals surface area contributed by atoms with Crippen LogP contribution in [0.15, 0.2) is 80.6 Å². The number of benzene rings is 2. The Morgan fingerprint density at radius 2 is 1.30 bits per heavy atom. The number of rotatable bonds is 16. The molecule has 192 valence electrons. The minimum absolute atomic E-state index is 0.265. The van der Waals surface area contributed by atoms with Gasteiger partial charge in [0.05, 0.1) is 5.92 Å². The molecule has 2 aromatic rings. The quantitative estimate of drug-likeness (QED) is 0.167. The van der Waals surface area contributed by atoms with E-state index in [-0.39, 0.29) is 11.3 Å². The van der Waals surface area contributed by atoms with Gasteiger partial charge in [-0.15, -0.1) is 0 Å². The Morgan fingerprint density at radius 3 is 1.95 bits per heavy atom. The van der Waals surface area contributed by atoms with Gasteiger partial charge in [0.25, 0.3) is 6.17 Å². The van der Waals surface area contributed by atoms with E-state index in [1.165, 1.54) is 43.2 Å². The van der Waals surface area contributed by atoms with E-state index >= 15 is 0 Å². The minimum Gasteiger partial charge on any atom is -0.0965 e. The van der Waals surface area contributed by atoms with Crippen molar-refractivity contribution in [1.82, 2.24) is 0 Å². The molecule has 0 radical (unpaired) electrons. The fourth-order valence-corrected chi connectivity index (χ4v) is 6.02. The number of aliphatic imine (C=N–C) groups is 4. The Kier molecular flexibility index (Phi) is 10.2. The summed E-state index contributed by atoms with van der Waals surface area (Å²) in [6.07, 6.45) is 20.7. The Bertz CT molecular complexity index is 1020. The van der Waals surface area contributed by atoms with Gasteiger partial charge in [0.2, 0.25) is 6.17 Å². The van der Waals surface area contributed by atoms with Crippen molar-refractivity contribution < 1.29 is 0 Å². The Morgan fingerprint density at radius 1 is 0.676 bits per heavy atom. The van der Waals surface area contributed by atoms with Gasteiger partial charge in [0.15, 0.2) is 24.9 Å². The van der Waals surface area contributed by atoms with E-state index in [1.807, 2.05) is 24.9 Å². The highest BCUT2D eigenvalue weighted by molar-refractivity contribution is 6.18. The van der Waals surface area contributed by atoms with Crippen LogP contribution in [0.3, 0.4) is 0 Å². The second-order valence-electron chi connectivity index (χ2n) is 10.4. The lowest BCUT2D eigenvalue weighted by Crippen LogP contribution is -2.42. The molecular weight excluding hydrogens is 452 g/mol. The van der Waals surface area contributed by atoms with Gasteiger partial charge in [-0.2, -0.15) is 0 Å². The Hall–Kier alpha value is -3.14. The monoisotopic (exact) mass is 494 g/mol. The van der Waals surface area contributed by atoms with Gasteiger partial charge in [-0.1, -0.05) is 127 Å². The van der Waals surface area contributed by atoms with Crippen molar-refractivity contribution in [2.75, 3.05) is 0 Å². The average molecular weight is 495 g/mol. The van der Waals surface area contributed by atoms with Crippen LogP contribution in [0.2, 0.25) is 0 Å². The first kappa shape index (κ1) is 26.9. The van der Waals surface area contributed by atoms with Crippen molar-refractivity contribution in [2.24, 2.45) is 31.8 Å². The first-order valence-electron chi connectivity index (χ1n) is 14.2. The summed E-state index contributed by atoms with van der Waals surface area (Å²) in [5.74, 6) is 0.669. The Balaban J connectivity index is 1.77. The van der Waals surface area contributed by atoms with Crippen LogP contribution < -0.4 is 0 Å². The normalized spacial score (nSPS) is 17.5. The molecule has 0 aromatic heterocycles. The van der Waals surface area contributed by atoms with E-state index in [0.717, 1.165) is 44.4 Å².